The van der Waals surface area contributed by atoms with Gasteiger partial charge in [0.05, 0.1) is 6.61 Å². The van der Waals surface area contributed by atoms with E-state index in [0.717, 1.165) is 11.1 Å². The minimum atomic E-state index is -0.0573. The van der Waals surface area contributed by atoms with E-state index >= 15 is 0 Å². The van der Waals surface area contributed by atoms with Crippen molar-refractivity contribution in [2.24, 2.45) is 0 Å². The molecule has 0 atom stereocenters. The lowest BCUT2D eigenvalue weighted by atomic mass is 10.1. The molecule has 0 aliphatic rings. The van der Waals surface area contributed by atoms with Crippen LogP contribution in [0, 0.1) is 11.8 Å². The van der Waals surface area contributed by atoms with Gasteiger partial charge in [0.1, 0.15) is 0 Å². The Labute approximate surface area is 122 Å². The molecule has 2 N–H and O–H groups in total. The van der Waals surface area contributed by atoms with Crippen LogP contribution in [0.25, 0.3) is 0 Å². The number of hydrogen-bond acceptors (Lipinski definition) is 3. The molecule has 0 saturated heterocycles. The van der Waals surface area contributed by atoms with Gasteiger partial charge < -0.3 is 10.4 Å². The van der Waals surface area contributed by atoms with Crippen molar-refractivity contribution in [1.29, 1.82) is 0 Å². The van der Waals surface area contributed by atoms with E-state index in [1.165, 1.54) is 11.3 Å². The molecule has 1 amide bonds. The number of amides is 1. The van der Waals surface area contributed by atoms with Crippen LogP contribution in [0.2, 0.25) is 0 Å². The number of hydrogen-bond donors (Lipinski definition) is 2. The fraction of sp³-hybridized carbons (Fsp3) is 0.188. The standard InChI is InChI=1S/C16H15NO2S/c18-9-2-1-3-13-4-6-14(7-5-13)11-17-16(19)15-8-10-20-12-15/h4-8,10,12,18H,2,9,11H2,(H,17,19). The molecule has 3 nitrogen and oxygen atoms in total. The first-order chi connectivity index (χ1) is 9.79. The average molecular weight is 285 g/mol. The molecular formula is C16H15NO2S. The normalized spacial score (nSPS) is 9.65. The minimum absolute atomic E-state index is 0.0573. The van der Waals surface area contributed by atoms with Gasteiger partial charge in [-0.2, -0.15) is 11.3 Å². The molecule has 20 heavy (non-hydrogen) atoms. The fourth-order valence-electron chi connectivity index (χ4n) is 1.60. The van der Waals surface area contributed by atoms with Gasteiger partial charge in [0.2, 0.25) is 0 Å². The van der Waals surface area contributed by atoms with Crippen molar-refractivity contribution < 1.29 is 9.90 Å². The molecule has 0 aliphatic heterocycles. The van der Waals surface area contributed by atoms with Crippen molar-refractivity contribution in [3.05, 3.63) is 57.8 Å². The third kappa shape index (κ3) is 4.23. The smallest absolute Gasteiger partial charge is 0.252 e. The maximum absolute atomic E-state index is 11.8. The molecule has 4 heteroatoms. The van der Waals surface area contributed by atoms with Crippen molar-refractivity contribution in [3.8, 4) is 11.8 Å². The largest absolute Gasteiger partial charge is 0.395 e. The zero-order chi connectivity index (χ0) is 14.2. The zero-order valence-electron chi connectivity index (χ0n) is 10.9. The Bertz CT molecular complexity index is 606. The zero-order valence-corrected chi connectivity index (χ0v) is 11.7. The molecule has 1 aromatic carbocycles. The van der Waals surface area contributed by atoms with E-state index in [2.05, 4.69) is 17.2 Å². The Morgan fingerprint density at radius 2 is 2.05 bits per heavy atom. The predicted molar refractivity (Wildman–Crippen MR) is 80.5 cm³/mol. The number of benzene rings is 1. The number of aliphatic hydroxyl groups is 1. The van der Waals surface area contributed by atoms with E-state index in [1.807, 2.05) is 35.0 Å². The highest BCUT2D eigenvalue weighted by Gasteiger charge is 2.04. The van der Waals surface area contributed by atoms with E-state index < -0.39 is 0 Å². The molecule has 102 valence electrons. The number of carbonyl (C=O) groups excluding carboxylic acids is 1. The predicted octanol–water partition coefficient (Wildman–Crippen LogP) is 2.41. The van der Waals surface area contributed by atoms with E-state index in [1.54, 1.807) is 6.07 Å². The maximum Gasteiger partial charge on any atom is 0.252 e. The molecule has 0 bridgehead atoms. The molecule has 2 rings (SSSR count). The van der Waals surface area contributed by atoms with Gasteiger partial charge >= 0.3 is 0 Å². The molecule has 0 saturated carbocycles. The molecule has 2 aromatic rings. The second kappa shape index (κ2) is 7.49. The monoisotopic (exact) mass is 285 g/mol. The van der Waals surface area contributed by atoms with Crippen LogP contribution >= 0.6 is 11.3 Å². The Kier molecular flexibility index (Phi) is 5.36. The highest BCUT2D eigenvalue weighted by molar-refractivity contribution is 7.08. The fourth-order valence-corrected chi connectivity index (χ4v) is 2.24. The van der Waals surface area contributed by atoms with E-state index in [9.17, 15) is 4.79 Å². The lowest BCUT2D eigenvalue weighted by Crippen LogP contribution is -2.22. The lowest BCUT2D eigenvalue weighted by Gasteiger charge is -2.04. The van der Waals surface area contributed by atoms with Crippen LogP contribution in [0.1, 0.15) is 27.9 Å². The van der Waals surface area contributed by atoms with Crippen molar-refractivity contribution in [2.75, 3.05) is 6.61 Å². The summed E-state index contributed by atoms with van der Waals surface area (Å²) < 4.78 is 0. The van der Waals surface area contributed by atoms with Gasteiger partial charge in [-0.1, -0.05) is 24.0 Å². The Balaban J connectivity index is 1.88. The summed E-state index contributed by atoms with van der Waals surface area (Å²) in [7, 11) is 0. The Morgan fingerprint density at radius 1 is 1.25 bits per heavy atom. The van der Waals surface area contributed by atoms with E-state index in [4.69, 9.17) is 5.11 Å². The van der Waals surface area contributed by atoms with Gasteiger partial charge in [0.25, 0.3) is 5.91 Å². The number of carbonyl (C=O) groups is 1. The van der Waals surface area contributed by atoms with Gasteiger partial charge in [-0.05, 0) is 29.1 Å². The molecule has 0 unspecified atom stereocenters. The van der Waals surface area contributed by atoms with Crippen molar-refractivity contribution in [1.82, 2.24) is 5.32 Å². The number of thiophene rings is 1. The number of nitrogens with one attached hydrogen (secondary N) is 1. The first kappa shape index (κ1) is 14.3. The van der Waals surface area contributed by atoms with Crippen LogP contribution in [-0.4, -0.2) is 17.6 Å². The molecule has 0 aliphatic carbocycles. The first-order valence-electron chi connectivity index (χ1n) is 6.28. The average Bonchev–Trinajstić information content (AvgIpc) is 3.01. The summed E-state index contributed by atoms with van der Waals surface area (Å²) in [5, 5.41) is 15.2. The summed E-state index contributed by atoms with van der Waals surface area (Å²) in [5.74, 6) is 5.78. The molecular weight excluding hydrogens is 270 g/mol. The number of rotatable bonds is 4. The van der Waals surface area contributed by atoms with Crippen molar-refractivity contribution >= 4 is 17.2 Å². The van der Waals surface area contributed by atoms with Gasteiger partial charge in [-0.15, -0.1) is 0 Å². The van der Waals surface area contributed by atoms with Gasteiger partial charge in [0.15, 0.2) is 0 Å². The van der Waals surface area contributed by atoms with Crippen LogP contribution in [0.4, 0.5) is 0 Å². The summed E-state index contributed by atoms with van der Waals surface area (Å²) in [4.78, 5) is 11.8. The molecule has 1 heterocycles. The van der Waals surface area contributed by atoms with Crippen LogP contribution < -0.4 is 5.32 Å². The first-order valence-corrected chi connectivity index (χ1v) is 7.23. The van der Waals surface area contributed by atoms with Crippen LogP contribution in [-0.2, 0) is 6.54 Å². The highest BCUT2D eigenvalue weighted by Crippen LogP contribution is 2.07. The highest BCUT2D eigenvalue weighted by atomic mass is 32.1. The molecule has 0 fully saturated rings. The lowest BCUT2D eigenvalue weighted by molar-refractivity contribution is 0.0951. The summed E-state index contributed by atoms with van der Waals surface area (Å²) in [6, 6.07) is 9.51. The van der Waals surface area contributed by atoms with E-state index in [0.29, 0.717) is 18.5 Å². The second-order valence-electron chi connectivity index (χ2n) is 4.17. The third-order valence-corrected chi connectivity index (χ3v) is 3.34. The summed E-state index contributed by atoms with van der Waals surface area (Å²) in [5.41, 5.74) is 2.63. The quantitative estimate of drug-likeness (QED) is 0.848. The van der Waals surface area contributed by atoms with E-state index in [-0.39, 0.29) is 12.5 Å². The molecule has 1 aromatic heterocycles. The maximum atomic E-state index is 11.8. The summed E-state index contributed by atoms with van der Waals surface area (Å²) in [6.45, 7) is 0.582. The van der Waals surface area contributed by atoms with Crippen LogP contribution in [0.15, 0.2) is 41.1 Å². The second-order valence-corrected chi connectivity index (χ2v) is 4.95. The third-order valence-electron chi connectivity index (χ3n) is 2.66. The van der Waals surface area contributed by atoms with Gasteiger partial charge in [0, 0.05) is 29.5 Å². The minimum Gasteiger partial charge on any atom is -0.395 e. The van der Waals surface area contributed by atoms with Crippen molar-refractivity contribution in [2.45, 2.75) is 13.0 Å². The molecule has 0 radical (unpaired) electrons. The Morgan fingerprint density at radius 3 is 2.70 bits per heavy atom. The summed E-state index contributed by atoms with van der Waals surface area (Å²) in [6.07, 6.45) is 0.485. The molecule has 0 spiro atoms. The SMILES string of the molecule is O=C(NCc1ccc(C#CCCO)cc1)c1ccsc1. The van der Waals surface area contributed by atoms with Crippen molar-refractivity contribution in [3.63, 3.8) is 0 Å². The van der Waals surface area contributed by atoms with Crippen LogP contribution in [0.5, 0.6) is 0 Å². The topological polar surface area (TPSA) is 49.3 Å². The number of aliphatic hydroxyl groups excluding tert-OH is 1. The van der Waals surface area contributed by atoms with Gasteiger partial charge in [-0.25, -0.2) is 0 Å². The summed E-state index contributed by atoms with van der Waals surface area (Å²) >= 11 is 1.51. The van der Waals surface area contributed by atoms with Crippen LogP contribution in [0.3, 0.4) is 0 Å². The Hall–Kier alpha value is -2.09. The van der Waals surface area contributed by atoms with Gasteiger partial charge in [-0.3, -0.25) is 4.79 Å².